The Morgan fingerprint density at radius 3 is 2.31 bits per heavy atom. The molecule has 0 bridgehead atoms. The van der Waals surface area contributed by atoms with Crippen LogP contribution >= 0.6 is 0 Å². The second-order valence-corrected chi connectivity index (χ2v) is 11.1. The van der Waals surface area contributed by atoms with Crippen LogP contribution in [0, 0.1) is 17.7 Å². The molecule has 0 spiro atoms. The average molecular weight is 478 g/mol. The maximum absolute atomic E-state index is 13.1. The minimum absolute atomic E-state index is 0.0834. The van der Waals surface area contributed by atoms with Crippen LogP contribution in [0.3, 0.4) is 0 Å². The molecule has 2 aliphatic heterocycles. The number of pyridine rings is 1. The van der Waals surface area contributed by atoms with Crippen LogP contribution in [0.15, 0.2) is 42.6 Å². The minimum Gasteiger partial charge on any atom is -0.303 e. The standard InChI is InChI=1S/C30H40FN3O/c1-33-17-2-3-29(33)26-10-13-28(32-21-26)23-6-4-22(5-7-23)14-18-34-19-15-25(16-20-34)30(35)24-8-11-27(31)12-9-24/h8-13,21-23,25,29H,2-7,14-20H2,1H3. The minimum atomic E-state index is -0.285. The lowest BCUT2D eigenvalue weighted by Crippen LogP contribution is -2.37. The van der Waals surface area contributed by atoms with Crippen molar-refractivity contribution in [1.82, 2.24) is 14.8 Å². The van der Waals surface area contributed by atoms with Gasteiger partial charge < -0.3 is 4.90 Å². The van der Waals surface area contributed by atoms with Gasteiger partial charge in [0.05, 0.1) is 0 Å². The van der Waals surface area contributed by atoms with E-state index < -0.39 is 0 Å². The van der Waals surface area contributed by atoms with Gasteiger partial charge in [0.2, 0.25) is 0 Å². The number of ketones is 1. The summed E-state index contributed by atoms with van der Waals surface area (Å²) in [4.78, 5) is 22.6. The average Bonchev–Trinajstić information content (AvgIpc) is 3.34. The largest absolute Gasteiger partial charge is 0.303 e. The first kappa shape index (κ1) is 24.6. The zero-order chi connectivity index (χ0) is 24.2. The Kier molecular flexibility index (Phi) is 7.94. The molecule has 0 N–H and O–H groups in total. The molecule has 5 heteroatoms. The lowest BCUT2D eigenvalue weighted by atomic mass is 9.79. The number of nitrogens with zero attached hydrogens (tertiary/aromatic N) is 3. The molecule has 3 heterocycles. The predicted molar refractivity (Wildman–Crippen MR) is 138 cm³/mol. The quantitative estimate of drug-likeness (QED) is 0.442. The Morgan fingerprint density at radius 1 is 0.943 bits per heavy atom. The van der Waals surface area contributed by atoms with E-state index in [4.69, 9.17) is 4.98 Å². The maximum atomic E-state index is 13.1. The van der Waals surface area contributed by atoms with Gasteiger partial charge in [-0.2, -0.15) is 0 Å². The Balaban J connectivity index is 1.02. The van der Waals surface area contributed by atoms with Crippen molar-refractivity contribution < 1.29 is 9.18 Å². The number of halogens is 1. The van der Waals surface area contributed by atoms with Crippen LogP contribution in [0.5, 0.6) is 0 Å². The van der Waals surface area contributed by atoms with Crippen LogP contribution in [0.2, 0.25) is 0 Å². The highest BCUT2D eigenvalue weighted by Gasteiger charge is 2.28. The topological polar surface area (TPSA) is 36.4 Å². The fraction of sp³-hybridized carbons (Fsp3) is 0.600. The van der Waals surface area contributed by atoms with Crippen molar-refractivity contribution in [2.24, 2.45) is 11.8 Å². The van der Waals surface area contributed by atoms with Crippen molar-refractivity contribution in [1.29, 1.82) is 0 Å². The van der Waals surface area contributed by atoms with Gasteiger partial charge in [-0.25, -0.2) is 4.39 Å². The SMILES string of the molecule is CN1CCCC1c1ccc(C2CCC(CCN3CCC(C(=O)c4ccc(F)cc4)CC3)CC2)nc1. The molecule has 2 saturated heterocycles. The number of carbonyl (C=O) groups is 1. The molecular formula is C30H40FN3O. The van der Waals surface area contributed by atoms with Gasteiger partial charge in [0.15, 0.2) is 5.78 Å². The van der Waals surface area contributed by atoms with Gasteiger partial charge in [-0.1, -0.05) is 6.07 Å². The van der Waals surface area contributed by atoms with E-state index in [1.807, 2.05) is 0 Å². The molecule has 188 valence electrons. The predicted octanol–water partition coefficient (Wildman–Crippen LogP) is 6.25. The number of hydrogen-bond acceptors (Lipinski definition) is 4. The van der Waals surface area contributed by atoms with Crippen LogP contribution in [0.25, 0.3) is 0 Å². The summed E-state index contributed by atoms with van der Waals surface area (Å²) in [5.74, 6) is 1.41. The number of likely N-dealkylation sites (tertiary alicyclic amines) is 2. The number of hydrogen-bond donors (Lipinski definition) is 0. The summed E-state index contributed by atoms with van der Waals surface area (Å²) in [6.45, 7) is 4.34. The molecule has 1 aliphatic carbocycles. The highest BCUT2D eigenvalue weighted by molar-refractivity contribution is 5.97. The van der Waals surface area contributed by atoms with Gasteiger partial charge >= 0.3 is 0 Å². The highest BCUT2D eigenvalue weighted by atomic mass is 19.1. The molecular weight excluding hydrogens is 437 g/mol. The summed E-state index contributed by atoms with van der Waals surface area (Å²) in [6, 6.07) is 11.2. The fourth-order valence-corrected chi connectivity index (χ4v) is 6.57. The first-order valence-electron chi connectivity index (χ1n) is 13.7. The molecule has 3 fully saturated rings. The summed E-state index contributed by atoms with van der Waals surface area (Å²) in [6.07, 6.45) is 12.9. The van der Waals surface area contributed by atoms with Crippen molar-refractivity contribution >= 4 is 5.78 Å². The van der Waals surface area contributed by atoms with Crippen molar-refractivity contribution in [3.05, 3.63) is 65.2 Å². The lowest BCUT2D eigenvalue weighted by molar-refractivity contribution is 0.0832. The molecule has 1 unspecified atom stereocenters. The van der Waals surface area contributed by atoms with Crippen LogP contribution in [0.1, 0.15) is 91.4 Å². The van der Waals surface area contributed by atoms with Crippen molar-refractivity contribution in [3.8, 4) is 0 Å². The van der Waals surface area contributed by atoms with Crippen LogP contribution < -0.4 is 0 Å². The van der Waals surface area contributed by atoms with Crippen LogP contribution in [-0.4, -0.2) is 53.8 Å². The van der Waals surface area contributed by atoms with E-state index in [0.717, 1.165) is 38.4 Å². The number of aromatic nitrogens is 1. The van der Waals surface area contributed by atoms with E-state index >= 15 is 0 Å². The van der Waals surface area contributed by atoms with E-state index in [1.54, 1.807) is 12.1 Å². The second-order valence-electron chi connectivity index (χ2n) is 11.1. The summed E-state index contributed by atoms with van der Waals surface area (Å²) >= 11 is 0. The molecule has 4 nitrogen and oxygen atoms in total. The van der Waals surface area contributed by atoms with Crippen LogP contribution in [-0.2, 0) is 0 Å². The van der Waals surface area contributed by atoms with E-state index in [9.17, 15) is 9.18 Å². The molecule has 5 rings (SSSR count). The molecule has 35 heavy (non-hydrogen) atoms. The number of piperidine rings is 1. The Bertz CT molecular complexity index is 960. The van der Waals surface area contributed by atoms with Crippen LogP contribution in [0.4, 0.5) is 4.39 Å². The second kappa shape index (κ2) is 11.3. The fourth-order valence-electron chi connectivity index (χ4n) is 6.57. The van der Waals surface area contributed by atoms with E-state index in [-0.39, 0.29) is 17.5 Å². The first-order valence-corrected chi connectivity index (χ1v) is 13.7. The van der Waals surface area contributed by atoms with Gasteiger partial charge in [0, 0.05) is 35.3 Å². The van der Waals surface area contributed by atoms with Crippen molar-refractivity contribution in [2.75, 3.05) is 33.2 Å². The molecule has 2 aromatic rings. The molecule has 1 atom stereocenters. The van der Waals surface area contributed by atoms with Gasteiger partial charge in [0.25, 0.3) is 0 Å². The maximum Gasteiger partial charge on any atom is 0.166 e. The Hall–Kier alpha value is -2.11. The van der Waals surface area contributed by atoms with Crippen molar-refractivity contribution in [3.63, 3.8) is 0 Å². The first-order chi connectivity index (χ1) is 17.1. The molecule has 3 aliphatic rings. The molecule has 1 saturated carbocycles. The molecule has 0 amide bonds. The van der Waals surface area contributed by atoms with Gasteiger partial charge in [-0.15, -0.1) is 0 Å². The number of rotatable bonds is 7. The normalized spacial score (nSPS) is 26.7. The van der Waals surface area contributed by atoms with Gasteiger partial charge in [-0.05, 0) is 133 Å². The molecule has 1 aromatic heterocycles. The molecule has 1 aromatic carbocycles. The number of carbonyl (C=O) groups excluding carboxylic acids is 1. The monoisotopic (exact) mass is 477 g/mol. The lowest BCUT2D eigenvalue weighted by Gasteiger charge is -2.34. The zero-order valence-corrected chi connectivity index (χ0v) is 21.2. The Morgan fingerprint density at radius 2 is 1.69 bits per heavy atom. The third-order valence-electron chi connectivity index (χ3n) is 8.92. The van der Waals surface area contributed by atoms with E-state index in [0.29, 0.717) is 17.5 Å². The van der Waals surface area contributed by atoms with Crippen molar-refractivity contribution in [2.45, 2.75) is 69.7 Å². The molecule has 0 radical (unpaired) electrons. The third kappa shape index (κ3) is 6.00. The van der Waals surface area contributed by atoms with E-state index in [1.165, 1.54) is 74.9 Å². The summed E-state index contributed by atoms with van der Waals surface area (Å²) in [7, 11) is 2.22. The van der Waals surface area contributed by atoms with E-state index in [2.05, 4.69) is 35.2 Å². The van der Waals surface area contributed by atoms with Gasteiger partial charge in [-0.3, -0.25) is 14.7 Å². The van der Waals surface area contributed by atoms with Gasteiger partial charge in [0.1, 0.15) is 5.82 Å². The summed E-state index contributed by atoms with van der Waals surface area (Å²) < 4.78 is 13.1. The number of benzene rings is 1. The zero-order valence-electron chi connectivity index (χ0n) is 21.2. The Labute approximate surface area is 209 Å². The smallest absolute Gasteiger partial charge is 0.166 e. The summed E-state index contributed by atoms with van der Waals surface area (Å²) in [5.41, 5.74) is 3.32. The highest BCUT2D eigenvalue weighted by Crippen LogP contribution is 2.37. The summed E-state index contributed by atoms with van der Waals surface area (Å²) in [5, 5.41) is 0. The number of Topliss-reactive ketones (excluding diaryl/α,β-unsaturated/α-hetero) is 1. The third-order valence-corrected chi connectivity index (χ3v) is 8.92.